The van der Waals surface area contributed by atoms with E-state index in [0.717, 1.165) is 49.0 Å². The summed E-state index contributed by atoms with van der Waals surface area (Å²) in [7, 11) is 0. The highest BCUT2D eigenvalue weighted by Gasteiger charge is 2.27. The minimum absolute atomic E-state index is 0.278. The first-order chi connectivity index (χ1) is 14.5. The van der Waals surface area contributed by atoms with Gasteiger partial charge in [0.15, 0.2) is 5.75 Å². The van der Waals surface area contributed by atoms with Crippen LogP contribution < -0.4 is 10.1 Å². The number of esters is 1. The van der Waals surface area contributed by atoms with Crippen molar-refractivity contribution in [1.82, 2.24) is 0 Å². The lowest BCUT2D eigenvalue weighted by Crippen LogP contribution is -2.16. The third-order valence-corrected chi connectivity index (χ3v) is 6.65. The molecule has 1 N–H and O–H groups in total. The summed E-state index contributed by atoms with van der Waals surface area (Å²) in [4.78, 5) is 26.6. The summed E-state index contributed by atoms with van der Waals surface area (Å²) in [5.41, 5.74) is 1.77. The van der Waals surface area contributed by atoms with Gasteiger partial charge in [0, 0.05) is 10.4 Å². The van der Waals surface area contributed by atoms with E-state index in [1.165, 1.54) is 23.5 Å². The van der Waals surface area contributed by atoms with E-state index < -0.39 is 5.97 Å². The molecule has 1 amide bonds. The number of carbonyl (C=O) groups is 2. The third-order valence-electron chi connectivity index (χ3n) is 4.88. The molecule has 1 aromatic carbocycles. The van der Waals surface area contributed by atoms with E-state index in [2.05, 4.69) is 12.2 Å². The number of hydrogen-bond acceptors (Lipinski definition) is 5. The van der Waals surface area contributed by atoms with E-state index in [9.17, 15) is 9.59 Å². The van der Waals surface area contributed by atoms with Crippen LogP contribution in [0.25, 0.3) is 0 Å². The van der Waals surface area contributed by atoms with Crippen molar-refractivity contribution in [3.63, 3.8) is 0 Å². The molecule has 0 saturated heterocycles. The van der Waals surface area contributed by atoms with Gasteiger partial charge in [-0.1, -0.05) is 36.5 Å². The number of halogens is 2. The van der Waals surface area contributed by atoms with E-state index in [4.69, 9.17) is 32.7 Å². The lowest BCUT2D eigenvalue weighted by molar-refractivity contribution is 0.0526. The van der Waals surface area contributed by atoms with Crippen LogP contribution in [0.4, 0.5) is 5.00 Å². The fraction of sp³-hybridized carbons (Fsp3) is 0.455. The molecule has 1 heterocycles. The summed E-state index contributed by atoms with van der Waals surface area (Å²) in [6.07, 6.45) is 5.70. The van der Waals surface area contributed by atoms with Gasteiger partial charge in [-0.25, -0.2) is 4.79 Å². The predicted molar refractivity (Wildman–Crippen MR) is 122 cm³/mol. The van der Waals surface area contributed by atoms with Crippen molar-refractivity contribution in [3.8, 4) is 5.75 Å². The van der Waals surface area contributed by atoms with Crippen LogP contribution in [0.3, 0.4) is 0 Å². The smallest absolute Gasteiger partial charge is 0.341 e. The molecule has 5 nitrogen and oxygen atoms in total. The Balaban J connectivity index is 1.85. The van der Waals surface area contributed by atoms with Crippen LogP contribution in [0, 0.1) is 0 Å². The molecule has 3 rings (SSSR count). The summed E-state index contributed by atoms with van der Waals surface area (Å²) in [6.45, 7) is 4.61. The number of carbonyl (C=O) groups excluding carboxylic acids is 2. The molecule has 8 heteroatoms. The summed E-state index contributed by atoms with van der Waals surface area (Å²) in [5, 5.41) is 3.94. The zero-order valence-electron chi connectivity index (χ0n) is 17.1. The molecule has 0 unspecified atom stereocenters. The number of unbranched alkanes of at least 4 members (excludes halogenated alkanes) is 1. The standard InChI is InChI=1S/C22H25Cl2NO4S/c1-3-5-10-29-19-15(23)11-13(12-16(19)24)20(26)25-21-18(22(27)28-4-2)14-8-6-7-9-17(14)30-21/h11-12H,3-10H2,1-2H3,(H,25,26). The Labute approximate surface area is 190 Å². The lowest BCUT2D eigenvalue weighted by atomic mass is 9.95. The predicted octanol–water partition coefficient (Wildman–Crippen LogP) is 6.54. The Kier molecular flexibility index (Phi) is 8.03. The largest absolute Gasteiger partial charge is 0.490 e. The van der Waals surface area contributed by atoms with E-state index in [-0.39, 0.29) is 22.6 Å². The molecular formula is C22H25Cl2NO4S. The highest BCUT2D eigenvalue weighted by Crippen LogP contribution is 2.39. The van der Waals surface area contributed by atoms with Crippen LogP contribution in [-0.4, -0.2) is 25.1 Å². The second-order valence-electron chi connectivity index (χ2n) is 7.06. The van der Waals surface area contributed by atoms with Gasteiger partial charge in [-0.05, 0) is 56.7 Å². The number of thiophene rings is 1. The maximum atomic E-state index is 12.9. The first-order valence-corrected chi connectivity index (χ1v) is 11.8. The highest BCUT2D eigenvalue weighted by molar-refractivity contribution is 7.17. The number of benzene rings is 1. The summed E-state index contributed by atoms with van der Waals surface area (Å²) >= 11 is 14.1. The Morgan fingerprint density at radius 2 is 1.83 bits per heavy atom. The van der Waals surface area contributed by atoms with Gasteiger partial charge in [0.05, 0.1) is 28.8 Å². The molecule has 0 radical (unpaired) electrons. The van der Waals surface area contributed by atoms with Crippen LogP contribution >= 0.6 is 34.5 Å². The zero-order chi connectivity index (χ0) is 21.7. The molecule has 0 atom stereocenters. The highest BCUT2D eigenvalue weighted by atomic mass is 35.5. The molecule has 1 aliphatic carbocycles. The van der Waals surface area contributed by atoms with Gasteiger partial charge in [-0.3, -0.25) is 4.79 Å². The summed E-state index contributed by atoms with van der Waals surface area (Å²) < 4.78 is 10.9. The van der Waals surface area contributed by atoms with Gasteiger partial charge < -0.3 is 14.8 Å². The van der Waals surface area contributed by atoms with Gasteiger partial charge in [-0.15, -0.1) is 11.3 Å². The Morgan fingerprint density at radius 1 is 1.13 bits per heavy atom. The molecular weight excluding hydrogens is 445 g/mol. The second-order valence-corrected chi connectivity index (χ2v) is 8.98. The minimum Gasteiger partial charge on any atom is -0.490 e. The molecule has 2 aromatic rings. The van der Waals surface area contributed by atoms with Crippen molar-refractivity contribution in [3.05, 3.63) is 43.7 Å². The van der Waals surface area contributed by atoms with Crippen LogP contribution in [0.5, 0.6) is 5.75 Å². The normalized spacial score (nSPS) is 12.9. The molecule has 30 heavy (non-hydrogen) atoms. The Bertz CT molecular complexity index is 918. The van der Waals surface area contributed by atoms with Crippen molar-refractivity contribution in [2.75, 3.05) is 18.5 Å². The minimum atomic E-state index is -0.400. The van der Waals surface area contributed by atoms with Crippen molar-refractivity contribution in [2.45, 2.75) is 52.4 Å². The molecule has 1 aliphatic rings. The molecule has 0 fully saturated rings. The summed E-state index contributed by atoms with van der Waals surface area (Å²) in [6, 6.07) is 3.06. The molecule has 1 aromatic heterocycles. The van der Waals surface area contributed by atoms with Crippen molar-refractivity contribution >= 4 is 51.4 Å². The zero-order valence-corrected chi connectivity index (χ0v) is 19.4. The number of hydrogen-bond donors (Lipinski definition) is 1. The number of aryl methyl sites for hydroxylation is 1. The van der Waals surface area contributed by atoms with Crippen LogP contribution in [0.15, 0.2) is 12.1 Å². The van der Waals surface area contributed by atoms with Crippen molar-refractivity contribution in [2.24, 2.45) is 0 Å². The van der Waals surface area contributed by atoms with Crippen LogP contribution in [-0.2, 0) is 17.6 Å². The third kappa shape index (κ3) is 5.10. The average molecular weight is 470 g/mol. The number of nitrogens with one attached hydrogen (secondary N) is 1. The van der Waals surface area contributed by atoms with Crippen molar-refractivity contribution < 1.29 is 19.1 Å². The topological polar surface area (TPSA) is 64.6 Å². The maximum absolute atomic E-state index is 12.9. The van der Waals surface area contributed by atoms with E-state index in [1.54, 1.807) is 6.92 Å². The van der Waals surface area contributed by atoms with Crippen LogP contribution in [0.1, 0.15) is 70.7 Å². The molecule has 0 saturated carbocycles. The molecule has 0 spiro atoms. The fourth-order valence-corrected chi connectivity index (χ4v) is 5.26. The molecule has 162 valence electrons. The van der Waals surface area contributed by atoms with Crippen LogP contribution in [0.2, 0.25) is 10.0 Å². The van der Waals surface area contributed by atoms with Gasteiger partial charge >= 0.3 is 5.97 Å². The number of anilines is 1. The number of rotatable bonds is 8. The first kappa shape index (κ1) is 22.9. The summed E-state index contributed by atoms with van der Waals surface area (Å²) in [5.74, 6) is -0.409. The SMILES string of the molecule is CCCCOc1c(Cl)cc(C(=O)Nc2sc3c(c2C(=O)OCC)CCCC3)cc1Cl. The second kappa shape index (κ2) is 10.5. The first-order valence-electron chi connectivity index (χ1n) is 10.2. The average Bonchev–Trinajstić information content (AvgIpc) is 3.08. The monoisotopic (exact) mass is 469 g/mol. The number of ether oxygens (including phenoxy) is 2. The van der Waals surface area contributed by atoms with Crippen molar-refractivity contribution in [1.29, 1.82) is 0 Å². The fourth-order valence-electron chi connectivity index (χ4n) is 3.40. The molecule has 0 bridgehead atoms. The Morgan fingerprint density at radius 3 is 2.50 bits per heavy atom. The number of fused-ring (bicyclic) bond motifs is 1. The van der Waals surface area contributed by atoms with E-state index >= 15 is 0 Å². The van der Waals surface area contributed by atoms with Gasteiger partial charge in [0.1, 0.15) is 5.00 Å². The van der Waals surface area contributed by atoms with Gasteiger partial charge in [0.2, 0.25) is 0 Å². The maximum Gasteiger partial charge on any atom is 0.341 e. The van der Waals surface area contributed by atoms with Gasteiger partial charge in [0.25, 0.3) is 5.91 Å². The van der Waals surface area contributed by atoms with E-state index in [1.807, 2.05) is 0 Å². The number of amides is 1. The quantitative estimate of drug-likeness (QED) is 0.351. The Hall–Kier alpha value is -1.76. The van der Waals surface area contributed by atoms with E-state index in [0.29, 0.717) is 28.5 Å². The lowest BCUT2D eigenvalue weighted by Gasteiger charge is -2.13. The van der Waals surface area contributed by atoms with Gasteiger partial charge in [-0.2, -0.15) is 0 Å². The molecule has 0 aliphatic heterocycles.